The molecule has 1 heterocycles. The largest absolute Gasteiger partial charge is 0.385 e. The highest BCUT2D eigenvalue weighted by Gasteiger charge is 2.37. The lowest BCUT2D eigenvalue weighted by Gasteiger charge is -2.39. The van der Waals surface area contributed by atoms with Crippen LogP contribution in [0.15, 0.2) is 11.8 Å². The van der Waals surface area contributed by atoms with E-state index in [4.69, 9.17) is 0 Å². The van der Waals surface area contributed by atoms with Gasteiger partial charge in [-0.05, 0) is 25.2 Å². The average molecular weight is 207 g/mol. The van der Waals surface area contributed by atoms with Crippen molar-refractivity contribution in [1.29, 1.82) is 0 Å². The molecule has 1 aliphatic carbocycles. The van der Waals surface area contributed by atoms with Crippen LogP contribution in [-0.4, -0.2) is 11.8 Å². The number of allylic oxidation sites excluding steroid dienone is 2. The van der Waals surface area contributed by atoms with Gasteiger partial charge in [0.1, 0.15) is 0 Å². The van der Waals surface area contributed by atoms with E-state index in [2.05, 4.69) is 19.2 Å². The molecule has 2 rings (SSSR count). The minimum atomic E-state index is 0.249. The van der Waals surface area contributed by atoms with Gasteiger partial charge in [-0.3, -0.25) is 4.79 Å². The summed E-state index contributed by atoms with van der Waals surface area (Å²) in [6, 6.07) is 0.424. The van der Waals surface area contributed by atoms with E-state index in [1.54, 1.807) is 0 Å². The molecule has 2 heteroatoms. The topological polar surface area (TPSA) is 29.1 Å². The maximum absolute atomic E-state index is 12.0. The van der Waals surface area contributed by atoms with Crippen molar-refractivity contribution in [2.75, 3.05) is 0 Å². The number of rotatable bonds is 2. The van der Waals surface area contributed by atoms with Crippen molar-refractivity contribution in [1.82, 2.24) is 5.32 Å². The molecule has 3 atom stereocenters. The summed E-state index contributed by atoms with van der Waals surface area (Å²) in [5.41, 5.74) is 1.16. The third-order valence-corrected chi connectivity index (χ3v) is 3.76. The highest BCUT2D eigenvalue weighted by Crippen LogP contribution is 2.34. The monoisotopic (exact) mass is 207 g/mol. The Bertz CT molecular complexity index is 282. The zero-order valence-corrected chi connectivity index (χ0v) is 9.75. The standard InChI is InChI=1S/C13H21NO/c1-3-5-10-8-12(15)13-9(2)6-4-7-11(13)14-10/h8-9,11,13-14H,3-7H2,1-2H3/t9-,11?,13+/m1/s1. The molecule has 1 unspecified atom stereocenters. The zero-order valence-electron chi connectivity index (χ0n) is 9.75. The predicted molar refractivity (Wildman–Crippen MR) is 61.4 cm³/mol. The van der Waals surface area contributed by atoms with Crippen molar-refractivity contribution in [3.8, 4) is 0 Å². The van der Waals surface area contributed by atoms with Gasteiger partial charge < -0.3 is 5.32 Å². The van der Waals surface area contributed by atoms with Gasteiger partial charge >= 0.3 is 0 Å². The first kappa shape index (κ1) is 10.7. The summed E-state index contributed by atoms with van der Waals surface area (Å²) in [5, 5.41) is 3.56. The Morgan fingerprint density at radius 1 is 1.47 bits per heavy atom. The van der Waals surface area contributed by atoms with Crippen LogP contribution in [0, 0.1) is 11.8 Å². The van der Waals surface area contributed by atoms with Crippen LogP contribution >= 0.6 is 0 Å². The number of hydrogen-bond donors (Lipinski definition) is 1. The van der Waals surface area contributed by atoms with Gasteiger partial charge in [0.25, 0.3) is 0 Å². The highest BCUT2D eigenvalue weighted by atomic mass is 16.1. The SMILES string of the molecule is CCCC1=CC(=O)[C@@H]2C(CCC[C@H]2C)N1. The fraction of sp³-hybridized carbons (Fsp3) is 0.769. The summed E-state index contributed by atoms with van der Waals surface area (Å²) in [5.74, 6) is 1.18. The first-order valence-corrected chi connectivity index (χ1v) is 6.23. The van der Waals surface area contributed by atoms with Crippen LogP contribution < -0.4 is 5.32 Å². The normalized spacial score (nSPS) is 35.5. The Hall–Kier alpha value is -0.790. The van der Waals surface area contributed by atoms with Crippen LogP contribution in [0.4, 0.5) is 0 Å². The maximum atomic E-state index is 12.0. The third kappa shape index (κ3) is 2.09. The van der Waals surface area contributed by atoms with Crippen LogP contribution in [-0.2, 0) is 4.79 Å². The van der Waals surface area contributed by atoms with Crippen LogP contribution in [0.25, 0.3) is 0 Å². The van der Waals surface area contributed by atoms with E-state index in [0.717, 1.165) is 18.5 Å². The molecule has 0 saturated heterocycles. The second-order valence-electron chi connectivity index (χ2n) is 5.01. The first-order chi connectivity index (χ1) is 7.22. The van der Waals surface area contributed by atoms with Gasteiger partial charge in [0.05, 0.1) is 0 Å². The molecule has 0 aromatic rings. The molecule has 0 radical (unpaired) electrons. The van der Waals surface area contributed by atoms with E-state index in [9.17, 15) is 4.79 Å². The fourth-order valence-corrected chi connectivity index (χ4v) is 3.02. The number of carbonyl (C=O) groups is 1. The molecular weight excluding hydrogens is 186 g/mol. The Morgan fingerprint density at radius 2 is 2.27 bits per heavy atom. The van der Waals surface area contributed by atoms with Crippen molar-refractivity contribution in [2.45, 2.75) is 52.0 Å². The lowest BCUT2D eigenvalue weighted by Crippen LogP contribution is -2.48. The maximum Gasteiger partial charge on any atom is 0.162 e. The van der Waals surface area contributed by atoms with Gasteiger partial charge in [0.2, 0.25) is 0 Å². The molecule has 0 spiro atoms. The van der Waals surface area contributed by atoms with Crippen LogP contribution in [0.2, 0.25) is 0 Å². The van der Waals surface area contributed by atoms with E-state index >= 15 is 0 Å². The van der Waals surface area contributed by atoms with Crippen molar-refractivity contribution in [3.05, 3.63) is 11.8 Å². The number of carbonyl (C=O) groups excluding carboxylic acids is 1. The van der Waals surface area contributed by atoms with E-state index in [1.165, 1.54) is 19.3 Å². The van der Waals surface area contributed by atoms with E-state index in [0.29, 0.717) is 17.7 Å². The van der Waals surface area contributed by atoms with Gasteiger partial charge in [-0.25, -0.2) is 0 Å². The van der Waals surface area contributed by atoms with Gasteiger partial charge in [-0.15, -0.1) is 0 Å². The predicted octanol–water partition coefficient (Wildman–Crippen LogP) is 2.65. The second kappa shape index (κ2) is 4.38. The average Bonchev–Trinajstić information content (AvgIpc) is 2.17. The Kier molecular flexibility index (Phi) is 3.13. The fourth-order valence-electron chi connectivity index (χ4n) is 3.02. The smallest absolute Gasteiger partial charge is 0.162 e. The summed E-state index contributed by atoms with van der Waals surface area (Å²) >= 11 is 0. The molecule has 2 aliphatic rings. The Balaban J connectivity index is 2.14. The lowest BCUT2D eigenvalue weighted by atomic mass is 9.73. The summed E-state index contributed by atoms with van der Waals surface area (Å²) < 4.78 is 0. The molecular formula is C13H21NO. The minimum absolute atomic E-state index is 0.249. The molecule has 1 N–H and O–H groups in total. The number of hydrogen-bond acceptors (Lipinski definition) is 2. The van der Waals surface area contributed by atoms with Crippen molar-refractivity contribution in [3.63, 3.8) is 0 Å². The van der Waals surface area contributed by atoms with Gasteiger partial charge in [-0.1, -0.05) is 26.7 Å². The Labute approximate surface area is 92.1 Å². The number of fused-ring (bicyclic) bond motifs is 1. The van der Waals surface area contributed by atoms with Crippen LogP contribution in [0.1, 0.15) is 46.0 Å². The molecule has 0 aromatic heterocycles. The molecule has 0 amide bonds. The van der Waals surface area contributed by atoms with Crippen LogP contribution in [0.5, 0.6) is 0 Å². The minimum Gasteiger partial charge on any atom is -0.385 e. The van der Waals surface area contributed by atoms with Gasteiger partial charge in [0, 0.05) is 23.7 Å². The summed E-state index contributed by atoms with van der Waals surface area (Å²) in [7, 11) is 0. The van der Waals surface area contributed by atoms with Crippen molar-refractivity contribution < 1.29 is 4.79 Å². The quantitative estimate of drug-likeness (QED) is 0.754. The highest BCUT2D eigenvalue weighted by molar-refractivity contribution is 5.94. The summed E-state index contributed by atoms with van der Waals surface area (Å²) in [6.45, 7) is 4.37. The summed E-state index contributed by atoms with van der Waals surface area (Å²) in [6.07, 6.45) is 7.63. The van der Waals surface area contributed by atoms with Gasteiger partial charge in [-0.2, -0.15) is 0 Å². The van der Waals surface area contributed by atoms with Crippen molar-refractivity contribution >= 4 is 5.78 Å². The molecule has 1 aliphatic heterocycles. The van der Waals surface area contributed by atoms with Gasteiger partial charge in [0.15, 0.2) is 5.78 Å². The lowest BCUT2D eigenvalue weighted by molar-refractivity contribution is -0.122. The zero-order chi connectivity index (χ0) is 10.8. The van der Waals surface area contributed by atoms with Crippen LogP contribution in [0.3, 0.4) is 0 Å². The number of nitrogens with one attached hydrogen (secondary N) is 1. The molecule has 84 valence electrons. The second-order valence-corrected chi connectivity index (χ2v) is 5.01. The Morgan fingerprint density at radius 3 is 3.00 bits per heavy atom. The molecule has 0 aromatic carbocycles. The number of ketones is 1. The summed E-state index contributed by atoms with van der Waals surface area (Å²) in [4.78, 5) is 12.0. The van der Waals surface area contributed by atoms with E-state index < -0.39 is 0 Å². The molecule has 2 nitrogen and oxygen atoms in total. The van der Waals surface area contributed by atoms with Crippen molar-refractivity contribution in [2.24, 2.45) is 11.8 Å². The molecule has 1 saturated carbocycles. The van der Waals surface area contributed by atoms with E-state index in [1.807, 2.05) is 6.08 Å². The molecule has 0 bridgehead atoms. The first-order valence-electron chi connectivity index (χ1n) is 6.23. The molecule has 15 heavy (non-hydrogen) atoms. The third-order valence-electron chi connectivity index (χ3n) is 3.76. The van der Waals surface area contributed by atoms with E-state index in [-0.39, 0.29) is 5.92 Å². The molecule has 1 fully saturated rings.